The molecule has 0 aliphatic heterocycles. The van der Waals surface area contributed by atoms with Gasteiger partial charge in [-0.05, 0) is 12.0 Å². The summed E-state index contributed by atoms with van der Waals surface area (Å²) in [7, 11) is 1.57. The van der Waals surface area contributed by atoms with Crippen LogP contribution >= 0.6 is 0 Å². The highest BCUT2D eigenvalue weighted by Crippen LogP contribution is 2.25. The third-order valence-corrected chi connectivity index (χ3v) is 4.32. The fraction of sp³-hybridized carbons (Fsp3) is 0.235. The molecule has 8 nitrogen and oxygen atoms in total. The lowest BCUT2D eigenvalue weighted by Crippen LogP contribution is -2.28. The topological polar surface area (TPSA) is 97.3 Å². The number of hydrogen-bond acceptors (Lipinski definition) is 4. The van der Waals surface area contributed by atoms with Crippen LogP contribution in [0.4, 0.5) is 0 Å². The molecule has 2 N–H and O–H groups in total. The van der Waals surface area contributed by atoms with Gasteiger partial charge >= 0.3 is 5.69 Å². The monoisotopic (exact) mass is 339 g/mol. The van der Waals surface area contributed by atoms with Gasteiger partial charge in [-0.15, -0.1) is 0 Å². The number of imidazole rings is 2. The summed E-state index contributed by atoms with van der Waals surface area (Å²) in [5.74, 6) is 0.564. The van der Waals surface area contributed by atoms with E-state index in [9.17, 15) is 14.7 Å². The van der Waals surface area contributed by atoms with Crippen LogP contribution in [-0.2, 0) is 13.6 Å². The molecule has 0 bridgehead atoms. The van der Waals surface area contributed by atoms with Crippen LogP contribution in [0.15, 0.2) is 46.1 Å². The van der Waals surface area contributed by atoms with Gasteiger partial charge in [0, 0.05) is 26.4 Å². The van der Waals surface area contributed by atoms with Gasteiger partial charge in [-0.25, -0.2) is 4.79 Å². The van der Waals surface area contributed by atoms with Crippen LogP contribution in [-0.4, -0.2) is 35.2 Å². The zero-order chi connectivity index (χ0) is 17.6. The minimum atomic E-state index is -0.497. The van der Waals surface area contributed by atoms with Gasteiger partial charge in [-0.1, -0.05) is 30.3 Å². The number of nitrogens with zero attached hydrogens (tertiary/aromatic N) is 4. The smallest absolute Gasteiger partial charge is 0.329 e. The molecule has 25 heavy (non-hydrogen) atoms. The summed E-state index contributed by atoms with van der Waals surface area (Å²) in [5.41, 5.74) is 1.58. The van der Waals surface area contributed by atoms with Crippen molar-refractivity contribution in [1.82, 2.24) is 23.5 Å². The Kier molecular flexibility index (Phi) is 3.54. The number of fused-ring (bicyclic) bond motifs is 3. The largest absolute Gasteiger partial charge is 0.396 e. The van der Waals surface area contributed by atoms with Crippen LogP contribution in [0, 0.1) is 0 Å². The number of H-pyrrole nitrogens is 1. The number of nitrogens with one attached hydrogen (secondary N) is 1. The average molecular weight is 339 g/mol. The Bertz CT molecular complexity index is 1180. The normalized spacial score (nSPS) is 11.6. The lowest BCUT2D eigenvalue weighted by atomic mass is 10.1. The maximum Gasteiger partial charge on any atom is 0.329 e. The minimum absolute atomic E-state index is 0.0534. The SMILES string of the molecule is Cn1c(=O)[nH]c(=O)c2c1nc1n(CCCO)c(-c3ccccc3)cn21. The molecule has 3 aromatic heterocycles. The third kappa shape index (κ3) is 2.30. The Hall–Kier alpha value is -3.13. The number of hydrogen-bond donors (Lipinski definition) is 2. The van der Waals surface area contributed by atoms with E-state index in [-0.39, 0.29) is 6.61 Å². The molecule has 4 rings (SSSR count). The number of aliphatic hydroxyl groups excluding tert-OH is 1. The van der Waals surface area contributed by atoms with E-state index < -0.39 is 11.2 Å². The molecule has 0 fully saturated rings. The van der Waals surface area contributed by atoms with Crippen LogP contribution in [0.25, 0.3) is 28.2 Å². The summed E-state index contributed by atoms with van der Waals surface area (Å²) in [4.78, 5) is 31.0. The van der Waals surface area contributed by atoms with Crippen molar-refractivity contribution < 1.29 is 5.11 Å². The van der Waals surface area contributed by atoms with E-state index in [4.69, 9.17) is 0 Å². The molecular weight excluding hydrogens is 322 g/mol. The molecule has 0 radical (unpaired) electrons. The molecule has 1 aromatic carbocycles. The molecule has 0 saturated heterocycles. The number of aryl methyl sites for hydroxylation is 2. The molecule has 8 heteroatoms. The molecule has 0 aliphatic rings. The zero-order valence-electron chi connectivity index (χ0n) is 13.6. The van der Waals surface area contributed by atoms with E-state index in [1.165, 1.54) is 4.57 Å². The Morgan fingerprint density at radius 3 is 2.68 bits per heavy atom. The van der Waals surface area contributed by atoms with Crippen LogP contribution in [0.3, 0.4) is 0 Å². The van der Waals surface area contributed by atoms with E-state index in [0.29, 0.717) is 29.9 Å². The van der Waals surface area contributed by atoms with Gasteiger partial charge in [-0.3, -0.25) is 18.7 Å². The molecule has 4 aromatic rings. The van der Waals surface area contributed by atoms with E-state index in [1.807, 2.05) is 41.1 Å². The second kappa shape index (κ2) is 5.75. The minimum Gasteiger partial charge on any atom is -0.396 e. The van der Waals surface area contributed by atoms with E-state index in [2.05, 4.69) is 9.97 Å². The van der Waals surface area contributed by atoms with Crippen molar-refractivity contribution >= 4 is 16.9 Å². The maximum atomic E-state index is 12.3. The molecule has 0 saturated carbocycles. The van der Waals surface area contributed by atoms with Crippen molar-refractivity contribution in [3.05, 3.63) is 57.4 Å². The van der Waals surface area contributed by atoms with Gasteiger partial charge in [0.1, 0.15) is 0 Å². The van der Waals surface area contributed by atoms with Crippen molar-refractivity contribution in [2.24, 2.45) is 7.05 Å². The second-order valence-corrected chi connectivity index (χ2v) is 5.88. The molecule has 128 valence electrons. The molecule has 0 spiro atoms. The summed E-state index contributed by atoms with van der Waals surface area (Å²) in [6.45, 7) is 0.601. The van der Waals surface area contributed by atoms with Crippen molar-refractivity contribution in [2.45, 2.75) is 13.0 Å². The van der Waals surface area contributed by atoms with Crippen LogP contribution < -0.4 is 11.2 Å². The maximum absolute atomic E-state index is 12.3. The highest BCUT2D eigenvalue weighted by Gasteiger charge is 2.19. The first kappa shape index (κ1) is 15.4. The second-order valence-electron chi connectivity index (χ2n) is 5.88. The van der Waals surface area contributed by atoms with Gasteiger partial charge in [-0.2, -0.15) is 4.98 Å². The predicted octanol–water partition coefficient (Wildman–Crippen LogP) is 0.725. The van der Waals surface area contributed by atoms with Crippen molar-refractivity contribution in [1.29, 1.82) is 0 Å². The first-order valence-corrected chi connectivity index (χ1v) is 7.98. The molecule has 0 unspecified atom stereocenters. The number of aromatic nitrogens is 5. The molecule has 3 heterocycles. The zero-order valence-corrected chi connectivity index (χ0v) is 13.6. The average Bonchev–Trinajstić information content (AvgIpc) is 3.15. The summed E-state index contributed by atoms with van der Waals surface area (Å²) < 4.78 is 4.98. The fourth-order valence-corrected chi connectivity index (χ4v) is 3.09. The highest BCUT2D eigenvalue weighted by atomic mass is 16.3. The van der Waals surface area contributed by atoms with Gasteiger partial charge < -0.3 is 9.67 Å². The van der Waals surface area contributed by atoms with E-state index in [1.54, 1.807) is 11.4 Å². The van der Waals surface area contributed by atoms with Crippen molar-refractivity contribution in [2.75, 3.05) is 6.61 Å². The lowest BCUT2D eigenvalue weighted by molar-refractivity contribution is 0.280. The van der Waals surface area contributed by atoms with Crippen LogP contribution in [0.2, 0.25) is 0 Å². The van der Waals surface area contributed by atoms with Crippen molar-refractivity contribution in [3.8, 4) is 11.3 Å². The summed E-state index contributed by atoms with van der Waals surface area (Å²) in [5, 5.41) is 9.22. The van der Waals surface area contributed by atoms with Crippen molar-refractivity contribution in [3.63, 3.8) is 0 Å². The Balaban J connectivity index is 2.09. The number of aromatic amines is 1. The van der Waals surface area contributed by atoms with E-state index >= 15 is 0 Å². The molecule has 0 amide bonds. The number of aliphatic hydroxyl groups is 1. The summed E-state index contributed by atoms with van der Waals surface area (Å²) in [6.07, 6.45) is 2.40. The molecule has 0 aliphatic carbocycles. The van der Waals surface area contributed by atoms with Gasteiger partial charge in [0.15, 0.2) is 11.2 Å². The summed E-state index contributed by atoms with van der Waals surface area (Å²) in [6, 6.07) is 9.77. The first-order valence-electron chi connectivity index (χ1n) is 7.98. The molecule has 0 atom stereocenters. The van der Waals surface area contributed by atoms with Crippen LogP contribution in [0.1, 0.15) is 6.42 Å². The summed E-state index contributed by atoms with van der Waals surface area (Å²) >= 11 is 0. The van der Waals surface area contributed by atoms with Gasteiger partial charge in [0.05, 0.1) is 5.69 Å². The third-order valence-electron chi connectivity index (χ3n) is 4.32. The van der Waals surface area contributed by atoms with Gasteiger partial charge in [0.2, 0.25) is 5.78 Å². The van der Waals surface area contributed by atoms with E-state index in [0.717, 1.165) is 11.3 Å². The highest BCUT2D eigenvalue weighted by molar-refractivity contribution is 5.77. The quantitative estimate of drug-likeness (QED) is 0.573. The number of rotatable bonds is 4. The Morgan fingerprint density at radius 2 is 1.96 bits per heavy atom. The standard InChI is InChI=1S/C17H17N5O3/c1-20-14-13(15(24)19-17(20)25)22-10-12(11-6-3-2-4-7-11)21(8-5-9-23)16(22)18-14/h2-4,6-7,10,23H,5,8-9H2,1H3,(H,19,24,25). The Labute approximate surface area is 141 Å². The molecular formula is C17H17N5O3. The first-order chi connectivity index (χ1) is 12.1. The fourth-order valence-electron chi connectivity index (χ4n) is 3.09. The van der Waals surface area contributed by atoms with Crippen LogP contribution in [0.5, 0.6) is 0 Å². The van der Waals surface area contributed by atoms with Gasteiger partial charge in [0.25, 0.3) is 5.56 Å². The number of benzene rings is 1. The Morgan fingerprint density at radius 1 is 1.20 bits per heavy atom. The predicted molar refractivity (Wildman–Crippen MR) is 93.7 cm³/mol. The lowest BCUT2D eigenvalue weighted by Gasteiger charge is -2.07.